The van der Waals surface area contributed by atoms with Gasteiger partial charge in [0, 0.05) is 18.7 Å². The van der Waals surface area contributed by atoms with Crippen LogP contribution in [-0.4, -0.2) is 59.9 Å². The number of hydrogen-bond donors (Lipinski definition) is 1. The molecule has 0 aliphatic carbocycles. The number of carbonyl (C=O) groups excluding carboxylic acids is 2. The van der Waals surface area contributed by atoms with E-state index in [1.807, 2.05) is 26.4 Å². The highest BCUT2D eigenvalue weighted by Gasteiger charge is 2.34. The lowest BCUT2D eigenvalue weighted by Gasteiger charge is -2.26. The summed E-state index contributed by atoms with van der Waals surface area (Å²) in [4.78, 5) is 28.1. The van der Waals surface area contributed by atoms with Crippen LogP contribution >= 0.6 is 23.1 Å². The topological polar surface area (TPSA) is 52.7 Å². The van der Waals surface area contributed by atoms with Crippen LogP contribution < -0.4 is 5.32 Å². The van der Waals surface area contributed by atoms with Gasteiger partial charge < -0.3 is 15.1 Å². The minimum absolute atomic E-state index is 0.0473. The van der Waals surface area contributed by atoms with Crippen molar-refractivity contribution >= 4 is 34.9 Å². The van der Waals surface area contributed by atoms with Crippen molar-refractivity contribution in [1.82, 2.24) is 15.1 Å². The Morgan fingerprint density at radius 1 is 1.50 bits per heavy atom. The van der Waals surface area contributed by atoms with E-state index in [1.165, 1.54) is 5.56 Å². The molecule has 5 nitrogen and oxygen atoms in total. The van der Waals surface area contributed by atoms with Gasteiger partial charge in [0.2, 0.25) is 11.8 Å². The third-order valence-corrected chi connectivity index (χ3v) is 5.54. The molecular weight excluding hydrogens is 318 g/mol. The minimum Gasteiger partial charge on any atom is -0.352 e. The summed E-state index contributed by atoms with van der Waals surface area (Å²) in [5, 5.41) is 7.17. The van der Waals surface area contributed by atoms with Crippen LogP contribution in [0.4, 0.5) is 0 Å². The van der Waals surface area contributed by atoms with E-state index >= 15 is 0 Å². The first-order valence-corrected chi connectivity index (χ1v) is 9.47. The van der Waals surface area contributed by atoms with Crippen LogP contribution in [0.15, 0.2) is 16.8 Å². The average molecular weight is 342 g/mol. The Bertz CT molecular complexity index is 505. The molecule has 1 aliphatic heterocycles. The second-order valence-electron chi connectivity index (χ2n) is 5.51. The van der Waals surface area contributed by atoms with E-state index < -0.39 is 0 Å². The van der Waals surface area contributed by atoms with Crippen molar-refractivity contribution in [3.8, 4) is 0 Å². The number of hydrogen-bond acceptors (Lipinski definition) is 5. The average Bonchev–Trinajstić information content (AvgIpc) is 3.17. The maximum atomic E-state index is 12.4. The summed E-state index contributed by atoms with van der Waals surface area (Å²) in [7, 11) is 4.01. The number of amides is 2. The smallest absolute Gasteiger partial charge is 0.243 e. The van der Waals surface area contributed by atoms with Crippen LogP contribution in [0.25, 0.3) is 0 Å². The Morgan fingerprint density at radius 3 is 2.86 bits per heavy atom. The van der Waals surface area contributed by atoms with Gasteiger partial charge in [-0.2, -0.15) is 11.3 Å². The molecule has 1 fully saturated rings. The van der Waals surface area contributed by atoms with E-state index in [4.69, 9.17) is 0 Å². The van der Waals surface area contributed by atoms with Crippen LogP contribution in [0.1, 0.15) is 24.9 Å². The number of rotatable bonds is 6. The normalized spacial score (nSPS) is 19.5. The fourth-order valence-electron chi connectivity index (χ4n) is 2.49. The molecule has 7 heteroatoms. The molecule has 1 N–H and O–H groups in total. The molecule has 0 bridgehead atoms. The molecule has 1 saturated heterocycles. The fraction of sp³-hybridized carbons (Fsp3) is 0.600. The fourth-order valence-corrected chi connectivity index (χ4v) is 4.37. The molecule has 2 heterocycles. The molecule has 122 valence electrons. The number of thioether (sulfide) groups is 1. The predicted molar refractivity (Wildman–Crippen MR) is 92.0 cm³/mol. The number of carbonyl (C=O) groups is 2. The molecule has 0 aromatic carbocycles. The first-order valence-electron chi connectivity index (χ1n) is 7.38. The van der Waals surface area contributed by atoms with Gasteiger partial charge in [-0.25, -0.2) is 0 Å². The number of nitrogens with one attached hydrogen (secondary N) is 1. The van der Waals surface area contributed by atoms with E-state index in [0.29, 0.717) is 24.6 Å². The maximum Gasteiger partial charge on any atom is 0.243 e. The highest BCUT2D eigenvalue weighted by molar-refractivity contribution is 7.99. The predicted octanol–water partition coefficient (Wildman–Crippen LogP) is 1.78. The van der Waals surface area contributed by atoms with Gasteiger partial charge in [0.1, 0.15) is 6.04 Å². The van der Waals surface area contributed by atoms with Crippen LogP contribution in [0.5, 0.6) is 0 Å². The number of thiophene rings is 1. The SMILES string of the molecule is CCC(=O)N1CSC[C@@H]1C(=O)NC[C@@H](c1ccsc1)N(C)C. The van der Waals surface area contributed by atoms with Crippen LogP contribution in [-0.2, 0) is 9.59 Å². The van der Waals surface area contributed by atoms with Gasteiger partial charge in [-0.05, 0) is 36.5 Å². The minimum atomic E-state index is -0.331. The van der Waals surface area contributed by atoms with Crippen molar-refractivity contribution in [2.75, 3.05) is 32.3 Å². The molecule has 2 amide bonds. The summed E-state index contributed by atoms with van der Waals surface area (Å²) in [6, 6.07) is 1.90. The van der Waals surface area contributed by atoms with Crippen molar-refractivity contribution in [3.63, 3.8) is 0 Å². The largest absolute Gasteiger partial charge is 0.352 e. The molecule has 2 atom stereocenters. The Hall–Kier alpha value is -1.05. The number of likely N-dealkylation sites (N-methyl/N-ethyl adjacent to an activating group) is 1. The van der Waals surface area contributed by atoms with Gasteiger partial charge in [-0.3, -0.25) is 9.59 Å². The van der Waals surface area contributed by atoms with Crippen LogP contribution in [0, 0.1) is 0 Å². The third-order valence-electron chi connectivity index (χ3n) is 3.83. The third kappa shape index (κ3) is 4.02. The zero-order chi connectivity index (χ0) is 16.1. The van der Waals surface area contributed by atoms with E-state index in [9.17, 15) is 9.59 Å². The van der Waals surface area contributed by atoms with Crippen molar-refractivity contribution in [1.29, 1.82) is 0 Å². The Balaban J connectivity index is 1.95. The van der Waals surface area contributed by atoms with Gasteiger partial charge in [0.25, 0.3) is 0 Å². The molecule has 0 spiro atoms. The molecule has 1 aromatic rings. The lowest BCUT2D eigenvalue weighted by molar-refractivity contribution is -0.137. The second kappa shape index (κ2) is 7.99. The lowest BCUT2D eigenvalue weighted by Crippen LogP contribution is -2.48. The Kier molecular flexibility index (Phi) is 6.28. The quantitative estimate of drug-likeness (QED) is 0.857. The van der Waals surface area contributed by atoms with Crippen molar-refractivity contribution in [2.24, 2.45) is 0 Å². The molecule has 1 aliphatic rings. The summed E-state index contributed by atoms with van der Waals surface area (Å²) in [5.41, 5.74) is 1.21. The van der Waals surface area contributed by atoms with E-state index in [2.05, 4.69) is 21.7 Å². The number of nitrogens with zero attached hydrogens (tertiary/aromatic N) is 2. The van der Waals surface area contributed by atoms with Crippen molar-refractivity contribution < 1.29 is 9.59 Å². The zero-order valence-electron chi connectivity index (χ0n) is 13.2. The van der Waals surface area contributed by atoms with Crippen LogP contribution in [0.3, 0.4) is 0 Å². The summed E-state index contributed by atoms with van der Waals surface area (Å²) in [6.45, 7) is 2.39. The summed E-state index contributed by atoms with van der Waals surface area (Å²) in [5.74, 6) is 1.30. The Labute approximate surface area is 140 Å². The molecule has 2 rings (SSSR count). The molecule has 0 unspecified atom stereocenters. The second-order valence-corrected chi connectivity index (χ2v) is 7.29. The van der Waals surface area contributed by atoms with Gasteiger partial charge in [0.05, 0.1) is 11.9 Å². The van der Waals surface area contributed by atoms with E-state index in [1.54, 1.807) is 28.0 Å². The summed E-state index contributed by atoms with van der Waals surface area (Å²) >= 11 is 3.29. The summed E-state index contributed by atoms with van der Waals surface area (Å²) in [6.07, 6.45) is 0.444. The van der Waals surface area contributed by atoms with Gasteiger partial charge in [-0.1, -0.05) is 6.92 Å². The summed E-state index contributed by atoms with van der Waals surface area (Å²) < 4.78 is 0. The van der Waals surface area contributed by atoms with Gasteiger partial charge in [-0.15, -0.1) is 11.8 Å². The lowest BCUT2D eigenvalue weighted by atomic mass is 10.1. The van der Waals surface area contributed by atoms with Gasteiger partial charge >= 0.3 is 0 Å². The molecule has 0 saturated carbocycles. The van der Waals surface area contributed by atoms with E-state index in [-0.39, 0.29) is 23.9 Å². The first kappa shape index (κ1) is 17.3. The standard InChI is InChI=1S/C15H23N3O2S2/c1-4-14(19)18-10-22-9-13(18)15(20)16-7-12(17(2)3)11-5-6-21-8-11/h5-6,8,12-13H,4,7,9-10H2,1-3H3,(H,16,20)/t12-,13+/m0/s1. The zero-order valence-corrected chi connectivity index (χ0v) is 14.9. The molecule has 0 radical (unpaired) electrons. The molecular formula is C15H23N3O2S2. The van der Waals surface area contributed by atoms with Crippen molar-refractivity contribution in [3.05, 3.63) is 22.4 Å². The maximum absolute atomic E-state index is 12.4. The molecule has 1 aromatic heterocycles. The monoisotopic (exact) mass is 341 g/mol. The Morgan fingerprint density at radius 2 is 2.27 bits per heavy atom. The molecule has 22 heavy (non-hydrogen) atoms. The van der Waals surface area contributed by atoms with Crippen LogP contribution in [0.2, 0.25) is 0 Å². The highest BCUT2D eigenvalue weighted by atomic mass is 32.2. The van der Waals surface area contributed by atoms with Crippen molar-refractivity contribution in [2.45, 2.75) is 25.4 Å². The first-order chi connectivity index (χ1) is 10.5. The van der Waals surface area contributed by atoms with Gasteiger partial charge in [0.15, 0.2) is 0 Å². The highest BCUT2D eigenvalue weighted by Crippen LogP contribution is 2.23. The van der Waals surface area contributed by atoms with E-state index in [0.717, 1.165) is 0 Å².